The quantitative estimate of drug-likeness (QED) is 0.475. The van der Waals surface area contributed by atoms with Crippen molar-refractivity contribution < 1.29 is 14.3 Å². The molecule has 0 radical (unpaired) electrons. The lowest BCUT2D eigenvalue weighted by Crippen LogP contribution is -2.59. The van der Waals surface area contributed by atoms with Gasteiger partial charge in [-0.25, -0.2) is 19.7 Å². The van der Waals surface area contributed by atoms with E-state index in [0.29, 0.717) is 30.1 Å². The van der Waals surface area contributed by atoms with Crippen molar-refractivity contribution >= 4 is 51.4 Å². The van der Waals surface area contributed by atoms with Gasteiger partial charge in [-0.1, -0.05) is 0 Å². The minimum absolute atomic E-state index is 0.0114. The first-order valence-corrected chi connectivity index (χ1v) is 12.1. The second kappa shape index (κ2) is 9.01. The average molecular weight is 577 g/mol. The van der Waals surface area contributed by atoms with Gasteiger partial charge in [-0.05, 0) is 69.3 Å². The molecule has 0 aromatic carbocycles. The Kier molecular flexibility index (Phi) is 6.40. The molecule has 1 saturated heterocycles. The predicted octanol–water partition coefficient (Wildman–Crippen LogP) is 3.35. The number of hydrogen-bond donors (Lipinski definition) is 1. The van der Waals surface area contributed by atoms with Crippen molar-refractivity contribution in [3.63, 3.8) is 0 Å². The van der Waals surface area contributed by atoms with E-state index in [1.807, 2.05) is 38.5 Å². The highest BCUT2D eigenvalue weighted by molar-refractivity contribution is 14.1. The number of ether oxygens (including phenoxy) is 1. The van der Waals surface area contributed by atoms with E-state index in [2.05, 4.69) is 49.4 Å². The standard InChI is InChI=1S/C23H28IN7O3/c1-13-10-30(22(33)34-23(3,4)5)14(2)9-29(13)20-18-16(24)11-31(21(18)28-12-27-20)17-8-15(19(25)32)6-7-26-17/h6-8,11-14H,9-10H2,1-5H3,(H2,25,32)/t13-,14+/m0/s1. The number of aromatic nitrogens is 4. The summed E-state index contributed by atoms with van der Waals surface area (Å²) in [4.78, 5) is 41.9. The molecule has 0 saturated carbocycles. The molecule has 10 nitrogen and oxygen atoms in total. The predicted molar refractivity (Wildman–Crippen MR) is 137 cm³/mol. The number of nitrogens with zero attached hydrogens (tertiary/aromatic N) is 6. The molecular formula is C23H28IN7O3. The monoisotopic (exact) mass is 577 g/mol. The van der Waals surface area contributed by atoms with Gasteiger partial charge in [-0.3, -0.25) is 9.36 Å². The van der Waals surface area contributed by atoms with Gasteiger partial charge in [0.2, 0.25) is 5.91 Å². The summed E-state index contributed by atoms with van der Waals surface area (Å²) in [5.41, 5.74) is 5.95. The second-order valence-electron chi connectivity index (χ2n) is 9.49. The van der Waals surface area contributed by atoms with Crippen LogP contribution in [0.1, 0.15) is 45.0 Å². The maximum absolute atomic E-state index is 12.7. The van der Waals surface area contributed by atoms with Crippen LogP contribution in [0.5, 0.6) is 0 Å². The van der Waals surface area contributed by atoms with Crippen molar-refractivity contribution in [2.24, 2.45) is 5.73 Å². The molecule has 3 aromatic rings. The number of pyridine rings is 1. The lowest BCUT2D eigenvalue weighted by Gasteiger charge is -2.44. The van der Waals surface area contributed by atoms with Gasteiger partial charge in [0.1, 0.15) is 23.6 Å². The van der Waals surface area contributed by atoms with Gasteiger partial charge in [0.15, 0.2) is 5.65 Å². The lowest BCUT2D eigenvalue weighted by atomic mass is 10.1. The summed E-state index contributed by atoms with van der Waals surface area (Å²) in [7, 11) is 0. The maximum Gasteiger partial charge on any atom is 0.410 e. The van der Waals surface area contributed by atoms with E-state index in [0.717, 1.165) is 14.8 Å². The Morgan fingerprint density at radius 3 is 2.56 bits per heavy atom. The molecular weight excluding hydrogens is 549 g/mol. The van der Waals surface area contributed by atoms with Crippen LogP contribution in [0.4, 0.5) is 10.6 Å². The van der Waals surface area contributed by atoms with Crippen molar-refractivity contribution in [2.75, 3.05) is 18.0 Å². The lowest BCUT2D eigenvalue weighted by molar-refractivity contribution is 0.0130. The van der Waals surface area contributed by atoms with Gasteiger partial charge in [0.25, 0.3) is 0 Å². The van der Waals surface area contributed by atoms with Crippen LogP contribution in [-0.2, 0) is 4.74 Å². The Bertz CT molecular complexity index is 1250. The van der Waals surface area contributed by atoms with Crippen LogP contribution in [0.3, 0.4) is 0 Å². The van der Waals surface area contributed by atoms with E-state index in [4.69, 9.17) is 10.5 Å². The summed E-state index contributed by atoms with van der Waals surface area (Å²) in [5, 5.41) is 0.888. The summed E-state index contributed by atoms with van der Waals surface area (Å²) in [6, 6.07) is 3.17. The minimum Gasteiger partial charge on any atom is -0.444 e. The molecule has 0 spiro atoms. The summed E-state index contributed by atoms with van der Waals surface area (Å²) >= 11 is 2.26. The highest BCUT2D eigenvalue weighted by Crippen LogP contribution is 2.33. The number of primary amides is 1. The molecule has 0 unspecified atom stereocenters. The first-order chi connectivity index (χ1) is 16.0. The molecule has 180 valence electrons. The highest BCUT2D eigenvalue weighted by atomic mass is 127. The third-order valence-electron chi connectivity index (χ3n) is 5.68. The van der Waals surface area contributed by atoms with Gasteiger partial charge in [0.05, 0.1) is 5.39 Å². The Morgan fingerprint density at radius 1 is 1.15 bits per heavy atom. The van der Waals surface area contributed by atoms with Crippen molar-refractivity contribution in [3.05, 3.63) is 40.0 Å². The Balaban J connectivity index is 1.69. The number of nitrogens with two attached hydrogens (primary N) is 1. The number of amides is 2. The van der Waals surface area contributed by atoms with Crippen LogP contribution >= 0.6 is 22.6 Å². The topological polar surface area (TPSA) is 119 Å². The number of carbonyl (C=O) groups is 2. The fourth-order valence-corrected chi connectivity index (χ4v) is 4.86. The summed E-state index contributed by atoms with van der Waals surface area (Å²) in [6.45, 7) is 10.8. The first-order valence-electron chi connectivity index (χ1n) is 11.0. The van der Waals surface area contributed by atoms with Gasteiger partial charge >= 0.3 is 6.09 Å². The Hall–Kier alpha value is -2.96. The molecule has 2 amide bonds. The molecule has 0 aliphatic carbocycles. The van der Waals surface area contributed by atoms with Crippen LogP contribution in [0.25, 0.3) is 16.9 Å². The maximum atomic E-state index is 12.7. The summed E-state index contributed by atoms with van der Waals surface area (Å²) in [5.74, 6) is 0.822. The average Bonchev–Trinajstić information content (AvgIpc) is 3.11. The van der Waals surface area contributed by atoms with Gasteiger partial charge in [-0.2, -0.15) is 0 Å². The number of halogens is 1. The van der Waals surface area contributed by atoms with E-state index < -0.39 is 11.5 Å². The van der Waals surface area contributed by atoms with Crippen LogP contribution in [-0.4, -0.2) is 67.2 Å². The van der Waals surface area contributed by atoms with E-state index in [1.54, 1.807) is 23.2 Å². The first kappa shape index (κ1) is 24.2. The van der Waals surface area contributed by atoms with E-state index >= 15 is 0 Å². The molecule has 3 aromatic heterocycles. The number of fused-ring (bicyclic) bond motifs is 1. The molecule has 2 atom stereocenters. The minimum atomic E-state index is -0.547. The van der Waals surface area contributed by atoms with Gasteiger partial charge in [0, 0.05) is 46.7 Å². The van der Waals surface area contributed by atoms with E-state index in [1.165, 1.54) is 6.33 Å². The van der Waals surface area contributed by atoms with Gasteiger partial charge < -0.3 is 20.3 Å². The van der Waals surface area contributed by atoms with Crippen LogP contribution in [0.15, 0.2) is 30.9 Å². The van der Waals surface area contributed by atoms with Crippen molar-refractivity contribution in [1.29, 1.82) is 0 Å². The molecule has 4 heterocycles. The zero-order valence-corrected chi connectivity index (χ0v) is 22.0. The number of rotatable bonds is 3. The molecule has 2 N–H and O–H groups in total. The largest absolute Gasteiger partial charge is 0.444 e. The van der Waals surface area contributed by atoms with Gasteiger partial charge in [-0.15, -0.1) is 0 Å². The molecule has 1 aliphatic heterocycles. The zero-order valence-electron chi connectivity index (χ0n) is 19.8. The zero-order chi connectivity index (χ0) is 24.8. The normalized spacial score (nSPS) is 18.9. The Labute approximate surface area is 211 Å². The fourth-order valence-electron chi connectivity index (χ4n) is 4.10. The molecule has 4 rings (SSSR count). The molecule has 1 fully saturated rings. The van der Waals surface area contributed by atoms with E-state index in [-0.39, 0.29) is 18.2 Å². The number of piperazine rings is 1. The van der Waals surface area contributed by atoms with Crippen molar-refractivity contribution in [2.45, 2.75) is 52.3 Å². The third kappa shape index (κ3) is 4.65. The number of carbonyl (C=O) groups excluding carboxylic acids is 2. The highest BCUT2D eigenvalue weighted by Gasteiger charge is 2.36. The summed E-state index contributed by atoms with van der Waals surface area (Å²) < 4.78 is 8.38. The number of hydrogen-bond acceptors (Lipinski definition) is 7. The third-order valence-corrected chi connectivity index (χ3v) is 6.50. The molecule has 1 aliphatic rings. The molecule has 0 bridgehead atoms. The van der Waals surface area contributed by atoms with Crippen molar-refractivity contribution in [3.8, 4) is 5.82 Å². The smallest absolute Gasteiger partial charge is 0.410 e. The van der Waals surface area contributed by atoms with E-state index in [9.17, 15) is 9.59 Å². The van der Waals surface area contributed by atoms with Crippen LogP contribution in [0, 0.1) is 3.57 Å². The van der Waals surface area contributed by atoms with Crippen LogP contribution < -0.4 is 10.6 Å². The molecule has 11 heteroatoms. The van der Waals surface area contributed by atoms with Crippen molar-refractivity contribution in [1.82, 2.24) is 24.4 Å². The number of anilines is 1. The Morgan fingerprint density at radius 2 is 1.88 bits per heavy atom. The fraction of sp³-hybridized carbons (Fsp3) is 0.435. The van der Waals surface area contributed by atoms with Crippen LogP contribution in [0.2, 0.25) is 0 Å². The SMILES string of the molecule is C[C@@H]1CN(c2ncnc3c2c(I)cn3-c2cc(C(N)=O)ccn2)[C@@H](C)CN1C(=O)OC(C)(C)C. The summed E-state index contributed by atoms with van der Waals surface area (Å²) in [6.07, 6.45) is 4.69. The molecule has 34 heavy (non-hydrogen) atoms. The second-order valence-corrected chi connectivity index (χ2v) is 10.7.